The molecule has 1 saturated heterocycles. The Bertz CT molecular complexity index is 695. The molecule has 1 aliphatic heterocycles. The van der Waals surface area contributed by atoms with Crippen LogP contribution in [0.5, 0.6) is 5.75 Å². The van der Waals surface area contributed by atoms with Gasteiger partial charge in [-0.2, -0.15) is 0 Å². The van der Waals surface area contributed by atoms with Gasteiger partial charge in [0, 0.05) is 29.4 Å². The SMILES string of the molecule is COc1ccc(N2CCCC2)cc1NC(=O)c1ccc(Cl)cc1. The number of ether oxygens (including phenoxy) is 1. The van der Waals surface area contributed by atoms with E-state index in [0.29, 0.717) is 22.0 Å². The van der Waals surface area contributed by atoms with Crippen LogP contribution in [0.15, 0.2) is 42.5 Å². The third-order valence-electron chi connectivity index (χ3n) is 4.01. The van der Waals surface area contributed by atoms with Gasteiger partial charge in [-0.25, -0.2) is 0 Å². The Morgan fingerprint density at radius 2 is 1.83 bits per heavy atom. The van der Waals surface area contributed by atoms with Crippen LogP contribution in [-0.4, -0.2) is 26.1 Å². The van der Waals surface area contributed by atoms with E-state index in [4.69, 9.17) is 16.3 Å². The van der Waals surface area contributed by atoms with Gasteiger partial charge in [-0.3, -0.25) is 4.79 Å². The summed E-state index contributed by atoms with van der Waals surface area (Å²) in [5, 5.41) is 3.53. The van der Waals surface area contributed by atoms with Gasteiger partial charge < -0.3 is 15.0 Å². The average molecular weight is 331 g/mol. The number of carbonyl (C=O) groups is 1. The molecular formula is C18H19ClN2O2. The molecule has 120 valence electrons. The summed E-state index contributed by atoms with van der Waals surface area (Å²) in [4.78, 5) is 14.7. The fraction of sp³-hybridized carbons (Fsp3) is 0.278. The van der Waals surface area contributed by atoms with Crippen LogP contribution in [0, 0.1) is 0 Å². The van der Waals surface area contributed by atoms with Gasteiger partial charge in [0.2, 0.25) is 0 Å². The zero-order valence-corrected chi connectivity index (χ0v) is 13.8. The maximum Gasteiger partial charge on any atom is 0.255 e. The van der Waals surface area contributed by atoms with Crippen molar-refractivity contribution in [3.05, 3.63) is 53.1 Å². The van der Waals surface area contributed by atoms with Crippen LogP contribution in [0.4, 0.5) is 11.4 Å². The van der Waals surface area contributed by atoms with Crippen LogP contribution in [0.1, 0.15) is 23.2 Å². The second-order valence-electron chi connectivity index (χ2n) is 5.54. The maximum absolute atomic E-state index is 12.4. The van der Waals surface area contributed by atoms with Crippen molar-refractivity contribution in [3.8, 4) is 5.75 Å². The summed E-state index contributed by atoms with van der Waals surface area (Å²) in [6, 6.07) is 12.7. The molecule has 0 unspecified atom stereocenters. The monoisotopic (exact) mass is 330 g/mol. The van der Waals surface area contributed by atoms with Crippen molar-refractivity contribution in [1.82, 2.24) is 0 Å². The molecule has 4 nitrogen and oxygen atoms in total. The van der Waals surface area contributed by atoms with E-state index in [9.17, 15) is 4.79 Å². The molecule has 0 aromatic heterocycles. The molecule has 1 amide bonds. The minimum absolute atomic E-state index is 0.182. The second kappa shape index (κ2) is 6.92. The Hall–Kier alpha value is -2.20. The molecule has 2 aromatic carbocycles. The largest absolute Gasteiger partial charge is 0.495 e. The minimum atomic E-state index is -0.182. The van der Waals surface area contributed by atoms with Crippen LogP contribution >= 0.6 is 11.6 Å². The topological polar surface area (TPSA) is 41.6 Å². The second-order valence-corrected chi connectivity index (χ2v) is 5.98. The number of halogens is 1. The molecule has 0 radical (unpaired) electrons. The average Bonchev–Trinajstić information content (AvgIpc) is 3.10. The lowest BCUT2D eigenvalue weighted by Crippen LogP contribution is -2.18. The van der Waals surface area contributed by atoms with E-state index >= 15 is 0 Å². The van der Waals surface area contributed by atoms with Gasteiger partial charge in [0.05, 0.1) is 12.8 Å². The molecule has 0 atom stereocenters. The molecule has 1 fully saturated rings. The number of benzene rings is 2. The summed E-state index contributed by atoms with van der Waals surface area (Å²) in [5.41, 5.74) is 2.34. The normalized spacial score (nSPS) is 13.9. The van der Waals surface area contributed by atoms with Crippen molar-refractivity contribution in [2.45, 2.75) is 12.8 Å². The van der Waals surface area contributed by atoms with Crippen molar-refractivity contribution in [1.29, 1.82) is 0 Å². The van der Waals surface area contributed by atoms with E-state index in [1.165, 1.54) is 12.8 Å². The molecule has 1 aliphatic rings. The Kier molecular flexibility index (Phi) is 4.72. The molecule has 5 heteroatoms. The van der Waals surface area contributed by atoms with E-state index < -0.39 is 0 Å². The number of nitrogens with one attached hydrogen (secondary N) is 1. The molecule has 23 heavy (non-hydrogen) atoms. The molecule has 0 saturated carbocycles. The Morgan fingerprint density at radius 1 is 1.13 bits per heavy atom. The highest BCUT2D eigenvalue weighted by Gasteiger charge is 2.16. The number of rotatable bonds is 4. The van der Waals surface area contributed by atoms with E-state index in [0.717, 1.165) is 18.8 Å². The highest BCUT2D eigenvalue weighted by molar-refractivity contribution is 6.30. The third kappa shape index (κ3) is 3.59. The molecule has 1 N–H and O–H groups in total. The van der Waals surface area contributed by atoms with Crippen molar-refractivity contribution < 1.29 is 9.53 Å². The predicted molar refractivity (Wildman–Crippen MR) is 93.8 cm³/mol. The minimum Gasteiger partial charge on any atom is -0.495 e. The number of nitrogens with zero attached hydrogens (tertiary/aromatic N) is 1. The Balaban J connectivity index is 1.83. The van der Waals surface area contributed by atoms with Gasteiger partial charge in [0.1, 0.15) is 5.75 Å². The summed E-state index contributed by atoms with van der Waals surface area (Å²) in [7, 11) is 1.60. The van der Waals surface area contributed by atoms with Crippen LogP contribution < -0.4 is 15.0 Å². The van der Waals surface area contributed by atoms with Crippen molar-refractivity contribution in [2.24, 2.45) is 0 Å². The first-order valence-electron chi connectivity index (χ1n) is 7.67. The van der Waals surface area contributed by atoms with E-state index in [1.807, 2.05) is 18.2 Å². The first-order chi connectivity index (χ1) is 11.2. The quantitative estimate of drug-likeness (QED) is 0.913. The van der Waals surface area contributed by atoms with Crippen LogP contribution in [0.2, 0.25) is 5.02 Å². The van der Waals surface area contributed by atoms with Crippen LogP contribution in [-0.2, 0) is 0 Å². The summed E-state index contributed by atoms with van der Waals surface area (Å²) in [5.74, 6) is 0.466. The van der Waals surface area contributed by atoms with E-state index in [1.54, 1.807) is 31.4 Å². The summed E-state index contributed by atoms with van der Waals surface area (Å²) >= 11 is 5.86. The lowest BCUT2D eigenvalue weighted by atomic mass is 10.2. The van der Waals surface area contributed by atoms with E-state index in [2.05, 4.69) is 10.2 Å². The molecule has 3 rings (SSSR count). The van der Waals surface area contributed by atoms with Gasteiger partial charge in [0.25, 0.3) is 5.91 Å². The molecular weight excluding hydrogens is 312 g/mol. The van der Waals surface area contributed by atoms with Crippen LogP contribution in [0.3, 0.4) is 0 Å². The Morgan fingerprint density at radius 3 is 2.48 bits per heavy atom. The fourth-order valence-corrected chi connectivity index (χ4v) is 2.89. The lowest BCUT2D eigenvalue weighted by molar-refractivity contribution is 0.102. The van der Waals surface area contributed by atoms with Gasteiger partial charge in [-0.05, 0) is 55.3 Å². The van der Waals surface area contributed by atoms with Crippen molar-refractivity contribution >= 4 is 28.9 Å². The first-order valence-corrected chi connectivity index (χ1v) is 8.05. The number of anilines is 2. The molecule has 0 spiro atoms. The lowest BCUT2D eigenvalue weighted by Gasteiger charge is -2.20. The molecule has 2 aromatic rings. The highest BCUT2D eigenvalue weighted by atomic mass is 35.5. The standard InChI is InChI=1S/C18H19ClN2O2/c1-23-17-9-8-15(21-10-2-3-11-21)12-16(17)20-18(22)13-4-6-14(19)7-5-13/h4-9,12H,2-3,10-11H2,1H3,(H,20,22). The summed E-state index contributed by atoms with van der Waals surface area (Å²) in [6.07, 6.45) is 2.41. The van der Waals surface area contributed by atoms with Crippen molar-refractivity contribution in [2.75, 3.05) is 30.4 Å². The number of methoxy groups -OCH3 is 1. The van der Waals surface area contributed by atoms with Crippen molar-refractivity contribution in [3.63, 3.8) is 0 Å². The van der Waals surface area contributed by atoms with Gasteiger partial charge >= 0.3 is 0 Å². The highest BCUT2D eigenvalue weighted by Crippen LogP contribution is 2.31. The fourth-order valence-electron chi connectivity index (χ4n) is 2.76. The van der Waals surface area contributed by atoms with Gasteiger partial charge in [-0.1, -0.05) is 11.6 Å². The zero-order chi connectivity index (χ0) is 16.2. The Labute approximate surface area is 141 Å². The number of amides is 1. The summed E-state index contributed by atoms with van der Waals surface area (Å²) < 4.78 is 5.36. The smallest absolute Gasteiger partial charge is 0.255 e. The molecule has 0 aliphatic carbocycles. The summed E-state index contributed by atoms with van der Waals surface area (Å²) in [6.45, 7) is 2.10. The molecule has 1 heterocycles. The third-order valence-corrected chi connectivity index (χ3v) is 4.26. The predicted octanol–water partition coefficient (Wildman–Crippen LogP) is 4.20. The number of carbonyl (C=O) groups excluding carboxylic acids is 1. The number of hydrogen-bond donors (Lipinski definition) is 1. The number of hydrogen-bond acceptors (Lipinski definition) is 3. The van der Waals surface area contributed by atoms with Gasteiger partial charge in [0.15, 0.2) is 0 Å². The van der Waals surface area contributed by atoms with E-state index in [-0.39, 0.29) is 5.91 Å². The first kappa shape index (κ1) is 15.7. The maximum atomic E-state index is 12.4. The van der Waals surface area contributed by atoms with Crippen LogP contribution in [0.25, 0.3) is 0 Å². The van der Waals surface area contributed by atoms with Gasteiger partial charge in [-0.15, -0.1) is 0 Å². The zero-order valence-electron chi connectivity index (χ0n) is 13.0. The molecule has 0 bridgehead atoms.